The van der Waals surface area contributed by atoms with Crippen LogP contribution in [0.1, 0.15) is 17.0 Å². The molecule has 3 rings (SSSR count). The van der Waals surface area contributed by atoms with Gasteiger partial charge in [0.25, 0.3) is 11.9 Å². The third kappa shape index (κ3) is 3.16. The van der Waals surface area contributed by atoms with Crippen molar-refractivity contribution in [3.63, 3.8) is 0 Å². The predicted molar refractivity (Wildman–Crippen MR) is 78.6 cm³/mol. The zero-order valence-corrected chi connectivity index (χ0v) is 12.2. The van der Waals surface area contributed by atoms with Crippen molar-refractivity contribution in [1.82, 2.24) is 5.32 Å². The van der Waals surface area contributed by atoms with Gasteiger partial charge in [-0.15, -0.1) is 0 Å². The standard InChI is InChI=1S/C16H17NO5/c1-19-15-7-6-14(22-15)16(18)17-9-8-11-10-20-12-4-2-3-5-13(12)21-11/h2-7,11H,8-10H2,1H3,(H,17,18). The van der Waals surface area contributed by atoms with Crippen molar-refractivity contribution in [3.05, 3.63) is 42.2 Å². The number of furan rings is 1. The van der Waals surface area contributed by atoms with E-state index in [1.807, 2.05) is 24.3 Å². The van der Waals surface area contributed by atoms with Crippen LogP contribution in [0.4, 0.5) is 0 Å². The first kappa shape index (κ1) is 14.3. The lowest BCUT2D eigenvalue weighted by atomic mass is 10.2. The summed E-state index contributed by atoms with van der Waals surface area (Å²) < 4.78 is 21.5. The monoisotopic (exact) mass is 303 g/mol. The molecule has 0 aliphatic carbocycles. The summed E-state index contributed by atoms with van der Waals surface area (Å²) in [6, 6.07) is 10.7. The molecule has 1 atom stereocenters. The molecule has 6 heteroatoms. The normalized spacial score (nSPS) is 16.1. The molecule has 116 valence electrons. The van der Waals surface area contributed by atoms with Crippen molar-refractivity contribution in [3.8, 4) is 17.4 Å². The smallest absolute Gasteiger partial charge is 0.287 e. The van der Waals surface area contributed by atoms with Gasteiger partial charge in [0.1, 0.15) is 12.7 Å². The van der Waals surface area contributed by atoms with Gasteiger partial charge in [0.05, 0.1) is 7.11 Å². The highest BCUT2D eigenvalue weighted by atomic mass is 16.6. The molecule has 1 aromatic carbocycles. The van der Waals surface area contributed by atoms with Crippen LogP contribution in [-0.2, 0) is 0 Å². The van der Waals surface area contributed by atoms with E-state index in [2.05, 4.69) is 5.32 Å². The number of nitrogens with one attached hydrogen (secondary N) is 1. The second-order valence-electron chi connectivity index (χ2n) is 4.86. The second-order valence-corrected chi connectivity index (χ2v) is 4.86. The summed E-state index contributed by atoms with van der Waals surface area (Å²) in [7, 11) is 1.48. The molecule has 2 heterocycles. The van der Waals surface area contributed by atoms with Crippen LogP contribution >= 0.6 is 0 Å². The summed E-state index contributed by atoms with van der Waals surface area (Å²) in [4.78, 5) is 11.9. The van der Waals surface area contributed by atoms with Crippen molar-refractivity contribution < 1.29 is 23.4 Å². The van der Waals surface area contributed by atoms with Crippen molar-refractivity contribution in [2.45, 2.75) is 12.5 Å². The minimum atomic E-state index is -0.277. The van der Waals surface area contributed by atoms with Crippen LogP contribution in [0.5, 0.6) is 17.4 Å². The molecule has 1 N–H and O–H groups in total. The summed E-state index contributed by atoms with van der Waals surface area (Å²) in [5.74, 6) is 1.75. The van der Waals surface area contributed by atoms with Crippen LogP contribution in [-0.4, -0.2) is 32.3 Å². The summed E-state index contributed by atoms with van der Waals surface area (Å²) in [5.41, 5.74) is 0. The number of carbonyl (C=O) groups excluding carboxylic acids is 1. The highest BCUT2D eigenvalue weighted by Crippen LogP contribution is 2.31. The molecule has 1 aromatic heterocycles. The maximum Gasteiger partial charge on any atom is 0.287 e. The third-order valence-corrected chi connectivity index (χ3v) is 3.33. The molecule has 0 saturated carbocycles. The Labute approximate surface area is 128 Å². The van der Waals surface area contributed by atoms with Gasteiger partial charge in [-0.25, -0.2) is 0 Å². The van der Waals surface area contributed by atoms with Gasteiger partial charge in [-0.05, 0) is 18.2 Å². The average molecular weight is 303 g/mol. The number of carbonyl (C=O) groups is 1. The minimum Gasteiger partial charge on any atom is -0.486 e. The van der Waals surface area contributed by atoms with Crippen molar-refractivity contribution in [2.24, 2.45) is 0 Å². The molecule has 0 bridgehead atoms. The summed E-state index contributed by atoms with van der Waals surface area (Å²) in [5, 5.41) is 2.78. The van der Waals surface area contributed by atoms with Crippen LogP contribution < -0.4 is 19.5 Å². The number of hydrogen-bond acceptors (Lipinski definition) is 5. The van der Waals surface area contributed by atoms with Crippen molar-refractivity contribution in [2.75, 3.05) is 20.3 Å². The number of hydrogen-bond donors (Lipinski definition) is 1. The molecule has 6 nitrogen and oxygen atoms in total. The first-order chi connectivity index (χ1) is 10.8. The summed E-state index contributed by atoms with van der Waals surface area (Å²) in [6.07, 6.45) is 0.569. The maximum atomic E-state index is 11.9. The first-order valence-electron chi connectivity index (χ1n) is 7.07. The average Bonchev–Trinajstić information content (AvgIpc) is 3.04. The van der Waals surface area contributed by atoms with E-state index in [4.69, 9.17) is 18.6 Å². The van der Waals surface area contributed by atoms with Gasteiger partial charge in [-0.3, -0.25) is 4.79 Å². The lowest BCUT2D eigenvalue weighted by Crippen LogP contribution is -2.34. The number of benzene rings is 1. The summed E-state index contributed by atoms with van der Waals surface area (Å²) in [6.45, 7) is 0.944. The van der Waals surface area contributed by atoms with E-state index in [0.29, 0.717) is 25.5 Å². The third-order valence-electron chi connectivity index (χ3n) is 3.33. The van der Waals surface area contributed by atoms with Crippen LogP contribution in [0.15, 0.2) is 40.8 Å². The molecule has 2 aromatic rings. The molecule has 0 fully saturated rings. The Balaban J connectivity index is 1.47. The quantitative estimate of drug-likeness (QED) is 0.917. The molecule has 1 aliphatic rings. The number of para-hydroxylation sites is 2. The molecule has 1 unspecified atom stereocenters. The Bertz CT molecular complexity index is 651. The number of methoxy groups -OCH3 is 1. The van der Waals surface area contributed by atoms with E-state index in [-0.39, 0.29) is 17.8 Å². The van der Waals surface area contributed by atoms with Crippen LogP contribution in [0.25, 0.3) is 0 Å². The molecular formula is C16H17NO5. The van der Waals surface area contributed by atoms with Crippen LogP contribution in [0.2, 0.25) is 0 Å². The van der Waals surface area contributed by atoms with E-state index in [1.54, 1.807) is 12.1 Å². The predicted octanol–water partition coefficient (Wildman–Crippen LogP) is 2.25. The number of rotatable bonds is 5. The Hall–Kier alpha value is -2.63. The number of fused-ring (bicyclic) bond motifs is 1. The molecule has 0 saturated heterocycles. The van der Waals surface area contributed by atoms with Gasteiger partial charge < -0.3 is 23.9 Å². The van der Waals surface area contributed by atoms with E-state index in [0.717, 1.165) is 11.5 Å². The van der Waals surface area contributed by atoms with Gasteiger partial charge in [0, 0.05) is 19.0 Å². The Morgan fingerprint density at radius 1 is 1.27 bits per heavy atom. The minimum absolute atomic E-state index is 0.0821. The van der Waals surface area contributed by atoms with Gasteiger partial charge in [-0.2, -0.15) is 0 Å². The molecule has 0 radical (unpaired) electrons. The van der Waals surface area contributed by atoms with Crippen LogP contribution in [0, 0.1) is 0 Å². The molecule has 0 spiro atoms. The van der Waals surface area contributed by atoms with E-state index >= 15 is 0 Å². The Morgan fingerprint density at radius 3 is 2.86 bits per heavy atom. The van der Waals surface area contributed by atoms with Crippen LogP contribution in [0.3, 0.4) is 0 Å². The largest absolute Gasteiger partial charge is 0.486 e. The van der Waals surface area contributed by atoms with E-state index in [9.17, 15) is 4.79 Å². The first-order valence-corrected chi connectivity index (χ1v) is 7.07. The van der Waals surface area contributed by atoms with E-state index < -0.39 is 0 Å². The lowest BCUT2D eigenvalue weighted by Gasteiger charge is -2.26. The molecule has 22 heavy (non-hydrogen) atoms. The Morgan fingerprint density at radius 2 is 2.09 bits per heavy atom. The van der Waals surface area contributed by atoms with E-state index in [1.165, 1.54) is 7.11 Å². The fourth-order valence-corrected chi connectivity index (χ4v) is 2.19. The van der Waals surface area contributed by atoms with Gasteiger partial charge >= 0.3 is 0 Å². The molecule has 1 aliphatic heterocycles. The lowest BCUT2D eigenvalue weighted by molar-refractivity contribution is 0.0802. The fraction of sp³-hybridized carbons (Fsp3) is 0.312. The van der Waals surface area contributed by atoms with Crippen molar-refractivity contribution in [1.29, 1.82) is 0 Å². The Kier molecular flexibility index (Phi) is 4.18. The topological polar surface area (TPSA) is 69.9 Å². The second kappa shape index (κ2) is 6.43. The van der Waals surface area contributed by atoms with Gasteiger partial charge in [0.2, 0.25) is 0 Å². The fourth-order valence-electron chi connectivity index (χ4n) is 2.19. The zero-order chi connectivity index (χ0) is 15.4. The molecule has 1 amide bonds. The maximum absolute atomic E-state index is 11.9. The summed E-state index contributed by atoms with van der Waals surface area (Å²) >= 11 is 0. The van der Waals surface area contributed by atoms with Gasteiger partial charge in [-0.1, -0.05) is 12.1 Å². The number of ether oxygens (including phenoxy) is 3. The highest BCUT2D eigenvalue weighted by Gasteiger charge is 2.20. The van der Waals surface area contributed by atoms with Crippen molar-refractivity contribution >= 4 is 5.91 Å². The number of amides is 1. The SMILES string of the molecule is COc1ccc(C(=O)NCCC2COc3ccccc3O2)o1. The molecular weight excluding hydrogens is 286 g/mol. The zero-order valence-electron chi connectivity index (χ0n) is 12.2. The highest BCUT2D eigenvalue weighted by molar-refractivity contribution is 5.91. The van der Waals surface area contributed by atoms with Gasteiger partial charge in [0.15, 0.2) is 17.3 Å².